The van der Waals surface area contributed by atoms with E-state index in [9.17, 15) is 14.4 Å². The van der Waals surface area contributed by atoms with E-state index in [4.69, 9.17) is 0 Å². The third kappa shape index (κ3) is 8.37. The van der Waals surface area contributed by atoms with Crippen LogP contribution in [0.15, 0.2) is 0 Å². The first-order valence-corrected chi connectivity index (χ1v) is 12.2. The Morgan fingerprint density at radius 1 is 0.875 bits per heavy atom. The van der Waals surface area contributed by atoms with Gasteiger partial charge < -0.3 is 5.32 Å². The molecule has 0 heterocycles. The molecule has 0 aliphatic rings. The zero-order valence-electron chi connectivity index (χ0n) is 23.4. The maximum atomic E-state index is 13.2. The lowest BCUT2D eigenvalue weighted by Crippen LogP contribution is -2.61. The zero-order valence-corrected chi connectivity index (χ0v) is 23.4. The highest BCUT2D eigenvalue weighted by Gasteiger charge is 2.48. The average molecular weight is 453 g/mol. The van der Waals surface area contributed by atoms with Gasteiger partial charge in [-0.25, -0.2) is 0 Å². The van der Waals surface area contributed by atoms with Gasteiger partial charge in [-0.2, -0.15) is 0 Å². The zero-order chi connectivity index (χ0) is 25.7. The summed E-state index contributed by atoms with van der Waals surface area (Å²) in [6, 6.07) is -0.358. The van der Waals surface area contributed by atoms with Gasteiger partial charge in [0.15, 0.2) is 0 Å². The molecule has 0 rings (SSSR count). The maximum Gasteiger partial charge on any atom is 0.147 e. The van der Waals surface area contributed by atoms with Crippen molar-refractivity contribution in [3.8, 4) is 0 Å². The van der Waals surface area contributed by atoms with Crippen molar-refractivity contribution < 1.29 is 14.4 Å². The molecule has 0 radical (unpaired) electrons. The number of carbonyl (C=O) groups is 3. The van der Waals surface area contributed by atoms with Crippen LogP contribution in [-0.4, -0.2) is 54.0 Å². The number of rotatable bonds is 15. The van der Waals surface area contributed by atoms with Crippen LogP contribution in [0.4, 0.5) is 0 Å². The van der Waals surface area contributed by atoms with Crippen LogP contribution < -0.4 is 5.32 Å². The second kappa shape index (κ2) is 11.4. The number of carbonyl (C=O) groups excluding carboxylic acids is 3. The summed E-state index contributed by atoms with van der Waals surface area (Å²) in [6.45, 7) is 25.3. The molecule has 3 atom stereocenters. The predicted octanol–water partition coefficient (Wildman–Crippen LogP) is 5.31. The van der Waals surface area contributed by atoms with Crippen LogP contribution in [0.3, 0.4) is 0 Å². The fourth-order valence-electron chi connectivity index (χ4n) is 5.74. The van der Waals surface area contributed by atoms with Crippen LogP contribution in [-0.2, 0) is 14.4 Å². The van der Waals surface area contributed by atoms with Gasteiger partial charge in [-0.1, -0.05) is 48.5 Å². The van der Waals surface area contributed by atoms with Crippen LogP contribution in [0.25, 0.3) is 0 Å². The Labute approximate surface area is 198 Å². The normalized spacial score (nSPS) is 17.1. The van der Waals surface area contributed by atoms with Crippen molar-refractivity contribution in [1.29, 1.82) is 0 Å². The lowest BCUT2D eigenvalue weighted by Gasteiger charge is -2.52. The van der Waals surface area contributed by atoms with E-state index in [1.54, 1.807) is 20.8 Å². The number of Topliss-reactive ketones (excluding diaryl/α,β-unsaturated/α-hetero) is 3. The molecule has 1 N–H and O–H groups in total. The SMILES string of the molecule is CCC(C)(CC(C)(C)N(CC(C)C(C)=O)C(C(C)=O)C(C)(C)CC(C)(C)CNC)C(C)=O. The molecule has 32 heavy (non-hydrogen) atoms. The molecular weight excluding hydrogens is 400 g/mol. The molecular formula is C27H52N2O3. The van der Waals surface area contributed by atoms with Crippen molar-refractivity contribution in [2.45, 2.75) is 114 Å². The van der Waals surface area contributed by atoms with Crippen molar-refractivity contribution >= 4 is 17.3 Å². The summed E-state index contributed by atoms with van der Waals surface area (Å²) in [6.07, 6.45) is 2.23. The molecule has 0 aromatic heterocycles. The number of nitrogens with zero attached hydrogens (tertiary/aromatic N) is 1. The molecule has 0 spiro atoms. The van der Waals surface area contributed by atoms with E-state index in [0.29, 0.717) is 13.0 Å². The Bertz CT molecular complexity index is 666. The molecule has 5 nitrogen and oxygen atoms in total. The van der Waals surface area contributed by atoms with E-state index in [0.717, 1.165) is 19.4 Å². The summed E-state index contributed by atoms with van der Waals surface area (Å²) in [5.74, 6) is 0.204. The van der Waals surface area contributed by atoms with Gasteiger partial charge in [0.25, 0.3) is 0 Å². The van der Waals surface area contributed by atoms with E-state index < -0.39 is 11.0 Å². The summed E-state index contributed by atoms with van der Waals surface area (Å²) in [5, 5.41) is 3.28. The first-order chi connectivity index (χ1) is 14.3. The fourth-order valence-corrected chi connectivity index (χ4v) is 5.74. The van der Waals surface area contributed by atoms with Crippen molar-refractivity contribution in [2.24, 2.45) is 22.2 Å². The molecule has 3 unspecified atom stereocenters. The maximum absolute atomic E-state index is 13.2. The molecule has 0 fully saturated rings. The number of ketones is 3. The second-order valence-electron chi connectivity index (χ2n) is 12.5. The molecule has 0 aliphatic carbocycles. The molecule has 0 saturated carbocycles. The minimum Gasteiger partial charge on any atom is -0.319 e. The van der Waals surface area contributed by atoms with E-state index in [-0.39, 0.29) is 40.1 Å². The number of hydrogen-bond donors (Lipinski definition) is 1. The fraction of sp³-hybridized carbons (Fsp3) is 0.889. The molecule has 5 heteroatoms. The summed E-state index contributed by atoms with van der Waals surface area (Å²) >= 11 is 0. The van der Waals surface area contributed by atoms with Crippen molar-refractivity contribution in [1.82, 2.24) is 10.2 Å². The van der Waals surface area contributed by atoms with Gasteiger partial charge in [-0.15, -0.1) is 0 Å². The molecule has 188 valence electrons. The molecule has 0 aliphatic heterocycles. The first kappa shape index (κ1) is 30.9. The van der Waals surface area contributed by atoms with Crippen LogP contribution in [0.2, 0.25) is 0 Å². The van der Waals surface area contributed by atoms with Gasteiger partial charge in [0.1, 0.15) is 17.3 Å². The number of nitrogens with one attached hydrogen (secondary N) is 1. The molecule has 0 aromatic rings. The molecule has 0 amide bonds. The summed E-state index contributed by atoms with van der Waals surface area (Å²) in [7, 11) is 1.95. The predicted molar refractivity (Wildman–Crippen MR) is 135 cm³/mol. The Kier molecular flexibility index (Phi) is 11.0. The standard InChI is InChI=1S/C27H52N2O3/c1-14-27(12,22(5)32)17-26(10,11)29(15-19(2)20(3)30)23(21(4)31)25(8,9)16-24(6,7)18-28-13/h19,23,28H,14-18H2,1-13H3. The second-order valence-corrected chi connectivity index (χ2v) is 12.5. The highest BCUT2D eigenvalue weighted by atomic mass is 16.1. The minimum absolute atomic E-state index is 0.00523. The van der Waals surface area contributed by atoms with E-state index in [1.165, 1.54) is 0 Å². The Hall–Kier alpha value is -1.07. The third-order valence-corrected chi connectivity index (χ3v) is 7.42. The summed E-state index contributed by atoms with van der Waals surface area (Å²) < 4.78 is 0. The third-order valence-electron chi connectivity index (χ3n) is 7.42. The molecule has 0 saturated heterocycles. The van der Waals surface area contributed by atoms with Crippen molar-refractivity contribution in [3.05, 3.63) is 0 Å². The monoisotopic (exact) mass is 452 g/mol. The summed E-state index contributed by atoms with van der Waals surface area (Å²) in [4.78, 5) is 40.3. The minimum atomic E-state index is -0.474. The van der Waals surface area contributed by atoms with Gasteiger partial charge in [0.2, 0.25) is 0 Å². The highest BCUT2D eigenvalue weighted by Crippen LogP contribution is 2.43. The van der Waals surface area contributed by atoms with E-state index in [1.807, 2.05) is 27.8 Å². The van der Waals surface area contributed by atoms with Gasteiger partial charge in [0.05, 0.1) is 6.04 Å². The van der Waals surface area contributed by atoms with Gasteiger partial charge >= 0.3 is 0 Å². The van der Waals surface area contributed by atoms with Gasteiger partial charge in [0, 0.05) is 23.4 Å². The molecule has 0 bridgehead atoms. The molecule has 0 aromatic carbocycles. The van der Waals surface area contributed by atoms with Crippen LogP contribution in [0.5, 0.6) is 0 Å². The van der Waals surface area contributed by atoms with Crippen molar-refractivity contribution in [2.75, 3.05) is 20.1 Å². The smallest absolute Gasteiger partial charge is 0.147 e. The van der Waals surface area contributed by atoms with Crippen LogP contribution >= 0.6 is 0 Å². The van der Waals surface area contributed by atoms with Crippen LogP contribution in [0, 0.1) is 22.2 Å². The average Bonchev–Trinajstić information content (AvgIpc) is 2.58. The first-order valence-electron chi connectivity index (χ1n) is 12.2. The van der Waals surface area contributed by atoms with Crippen LogP contribution in [0.1, 0.15) is 102 Å². The Morgan fingerprint density at radius 3 is 1.72 bits per heavy atom. The lowest BCUT2D eigenvalue weighted by molar-refractivity contribution is -0.138. The van der Waals surface area contributed by atoms with Gasteiger partial charge in [-0.3, -0.25) is 19.3 Å². The summed E-state index contributed by atoms with van der Waals surface area (Å²) in [5.41, 5.74) is -1.23. The van der Waals surface area contributed by atoms with E-state index >= 15 is 0 Å². The van der Waals surface area contributed by atoms with Gasteiger partial charge in [-0.05, 0) is 78.3 Å². The van der Waals surface area contributed by atoms with Crippen molar-refractivity contribution in [3.63, 3.8) is 0 Å². The van der Waals surface area contributed by atoms with E-state index in [2.05, 4.69) is 51.8 Å². The Balaban J connectivity index is 6.53. The quantitative estimate of drug-likeness (QED) is 0.365. The Morgan fingerprint density at radius 2 is 1.38 bits per heavy atom. The largest absolute Gasteiger partial charge is 0.319 e. The highest BCUT2D eigenvalue weighted by molar-refractivity contribution is 5.83. The number of hydrogen-bond acceptors (Lipinski definition) is 5. The lowest BCUT2D eigenvalue weighted by atomic mass is 9.67. The topological polar surface area (TPSA) is 66.5 Å².